The normalized spacial score (nSPS) is 19.8. The number of carbonyl (C=O) groups excluding carboxylic acids is 3. The molecular formula is C19H18N2O3. The van der Waals surface area contributed by atoms with Crippen molar-refractivity contribution in [3.05, 3.63) is 48.0 Å². The second-order valence-electron chi connectivity index (χ2n) is 6.55. The molecule has 1 N–H and O–H groups in total. The summed E-state index contributed by atoms with van der Waals surface area (Å²) in [5, 5.41) is 4.31. The Morgan fingerprint density at radius 2 is 1.67 bits per heavy atom. The molecule has 24 heavy (non-hydrogen) atoms. The van der Waals surface area contributed by atoms with Gasteiger partial charge in [-0.05, 0) is 35.7 Å². The SMILES string of the molecule is O=C1NC(=O)C2(CCCCC2)N1C(=O)c1ccc2ccccc2c1. The first-order valence-corrected chi connectivity index (χ1v) is 8.31. The molecule has 2 aromatic carbocycles. The van der Waals surface area contributed by atoms with Crippen LogP contribution in [0.3, 0.4) is 0 Å². The molecule has 0 aromatic heterocycles. The van der Waals surface area contributed by atoms with Crippen molar-refractivity contribution in [1.29, 1.82) is 0 Å². The number of nitrogens with zero attached hydrogens (tertiary/aromatic N) is 1. The Balaban J connectivity index is 1.75. The van der Waals surface area contributed by atoms with Gasteiger partial charge in [-0.25, -0.2) is 9.69 Å². The Labute approximate surface area is 139 Å². The summed E-state index contributed by atoms with van der Waals surface area (Å²) in [4.78, 5) is 38.9. The molecule has 0 unspecified atom stereocenters. The third kappa shape index (κ3) is 2.12. The van der Waals surface area contributed by atoms with Crippen LogP contribution in [-0.2, 0) is 4.79 Å². The standard InChI is InChI=1S/C19H18N2O3/c22-16(15-9-8-13-6-2-3-7-14(13)12-15)21-18(24)20-17(23)19(21)10-4-1-5-11-19/h2-3,6-9,12H,1,4-5,10-11H2,(H,20,23,24). The van der Waals surface area contributed by atoms with Gasteiger partial charge in [-0.3, -0.25) is 14.9 Å². The van der Waals surface area contributed by atoms with E-state index in [9.17, 15) is 14.4 Å². The van der Waals surface area contributed by atoms with Gasteiger partial charge in [0.25, 0.3) is 11.8 Å². The van der Waals surface area contributed by atoms with Crippen LogP contribution in [0.1, 0.15) is 42.5 Å². The topological polar surface area (TPSA) is 66.5 Å². The van der Waals surface area contributed by atoms with Crippen LogP contribution < -0.4 is 5.32 Å². The van der Waals surface area contributed by atoms with Gasteiger partial charge in [0.15, 0.2) is 0 Å². The summed E-state index contributed by atoms with van der Waals surface area (Å²) in [5.41, 5.74) is -0.568. The van der Waals surface area contributed by atoms with Gasteiger partial charge < -0.3 is 0 Å². The summed E-state index contributed by atoms with van der Waals surface area (Å²) >= 11 is 0. The highest BCUT2D eigenvalue weighted by molar-refractivity contribution is 6.18. The molecule has 1 aliphatic carbocycles. The Morgan fingerprint density at radius 3 is 2.42 bits per heavy atom. The maximum Gasteiger partial charge on any atom is 0.332 e. The van der Waals surface area contributed by atoms with Crippen molar-refractivity contribution < 1.29 is 14.4 Å². The monoisotopic (exact) mass is 322 g/mol. The van der Waals surface area contributed by atoms with E-state index in [-0.39, 0.29) is 5.91 Å². The molecule has 2 fully saturated rings. The van der Waals surface area contributed by atoms with Crippen LogP contribution in [0.15, 0.2) is 42.5 Å². The Hall–Kier alpha value is -2.69. The lowest BCUT2D eigenvalue weighted by molar-refractivity contribution is -0.127. The second-order valence-corrected chi connectivity index (χ2v) is 6.55. The molecule has 2 aliphatic rings. The number of urea groups is 1. The molecule has 5 nitrogen and oxygen atoms in total. The summed E-state index contributed by atoms with van der Waals surface area (Å²) < 4.78 is 0. The fourth-order valence-corrected chi connectivity index (χ4v) is 3.89. The number of imide groups is 2. The van der Waals surface area contributed by atoms with Crippen LogP contribution in [0.5, 0.6) is 0 Å². The molecule has 1 aliphatic heterocycles. The number of carbonyl (C=O) groups is 3. The average Bonchev–Trinajstić information content (AvgIpc) is 2.84. The lowest BCUT2D eigenvalue weighted by atomic mass is 9.80. The zero-order valence-electron chi connectivity index (χ0n) is 13.2. The number of nitrogens with one attached hydrogen (secondary N) is 1. The van der Waals surface area contributed by atoms with E-state index in [1.165, 1.54) is 4.90 Å². The van der Waals surface area contributed by atoms with Gasteiger partial charge in [0, 0.05) is 5.56 Å². The van der Waals surface area contributed by atoms with E-state index >= 15 is 0 Å². The van der Waals surface area contributed by atoms with Gasteiger partial charge in [0.1, 0.15) is 5.54 Å². The predicted octanol–water partition coefficient (Wildman–Crippen LogP) is 3.23. The smallest absolute Gasteiger partial charge is 0.275 e. The molecule has 1 spiro atoms. The predicted molar refractivity (Wildman–Crippen MR) is 89.5 cm³/mol. The van der Waals surface area contributed by atoms with E-state index < -0.39 is 17.5 Å². The molecular weight excluding hydrogens is 304 g/mol. The highest BCUT2D eigenvalue weighted by Crippen LogP contribution is 2.38. The molecule has 122 valence electrons. The first-order chi connectivity index (χ1) is 11.6. The summed E-state index contributed by atoms with van der Waals surface area (Å²) in [5.74, 6) is -0.729. The van der Waals surface area contributed by atoms with E-state index in [0.29, 0.717) is 18.4 Å². The molecule has 1 heterocycles. The Kier molecular flexibility index (Phi) is 3.37. The molecule has 0 atom stereocenters. The van der Waals surface area contributed by atoms with Crippen molar-refractivity contribution in [2.75, 3.05) is 0 Å². The number of fused-ring (bicyclic) bond motifs is 1. The van der Waals surface area contributed by atoms with E-state index in [1.54, 1.807) is 12.1 Å². The zero-order valence-corrected chi connectivity index (χ0v) is 13.2. The van der Waals surface area contributed by atoms with Crippen LogP contribution in [0.4, 0.5) is 4.79 Å². The quantitative estimate of drug-likeness (QED) is 0.820. The summed E-state index contributed by atoms with van der Waals surface area (Å²) in [6.45, 7) is 0. The molecule has 0 radical (unpaired) electrons. The van der Waals surface area contributed by atoms with Gasteiger partial charge in [0.05, 0.1) is 0 Å². The Morgan fingerprint density at radius 1 is 0.958 bits per heavy atom. The number of amides is 4. The van der Waals surface area contributed by atoms with Gasteiger partial charge in [-0.15, -0.1) is 0 Å². The third-order valence-electron chi connectivity index (χ3n) is 5.15. The van der Waals surface area contributed by atoms with Gasteiger partial charge in [0.2, 0.25) is 0 Å². The highest BCUT2D eigenvalue weighted by atomic mass is 16.2. The summed E-state index contributed by atoms with van der Waals surface area (Å²) in [7, 11) is 0. The van der Waals surface area contributed by atoms with E-state index in [0.717, 1.165) is 30.0 Å². The van der Waals surface area contributed by atoms with Gasteiger partial charge >= 0.3 is 6.03 Å². The fourth-order valence-electron chi connectivity index (χ4n) is 3.89. The fraction of sp³-hybridized carbons (Fsp3) is 0.316. The van der Waals surface area contributed by atoms with Crippen LogP contribution in [0.2, 0.25) is 0 Å². The van der Waals surface area contributed by atoms with Crippen molar-refractivity contribution >= 4 is 28.6 Å². The minimum atomic E-state index is -1.00. The molecule has 0 bridgehead atoms. The largest absolute Gasteiger partial charge is 0.332 e. The van der Waals surface area contributed by atoms with E-state index in [2.05, 4.69) is 5.32 Å². The number of benzene rings is 2. The maximum atomic E-state index is 13.0. The van der Waals surface area contributed by atoms with Crippen molar-refractivity contribution in [1.82, 2.24) is 10.2 Å². The lowest BCUT2D eigenvalue weighted by Gasteiger charge is -2.36. The third-order valence-corrected chi connectivity index (χ3v) is 5.15. The average molecular weight is 322 g/mol. The number of hydrogen-bond acceptors (Lipinski definition) is 3. The van der Waals surface area contributed by atoms with Crippen molar-refractivity contribution in [2.24, 2.45) is 0 Å². The van der Waals surface area contributed by atoms with Crippen LogP contribution in [-0.4, -0.2) is 28.3 Å². The van der Waals surface area contributed by atoms with Crippen LogP contribution >= 0.6 is 0 Å². The molecule has 4 amide bonds. The zero-order chi connectivity index (χ0) is 16.7. The van der Waals surface area contributed by atoms with Crippen LogP contribution in [0.25, 0.3) is 10.8 Å². The molecule has 5 heteroatoms. The summed E-state index contributed by atoms with van der Waals surface area (Å²) in [6, 6.07) is 12.5. The number of rotatable bonds is 1. The molecule has 1 saturated carbocycles. The lowest BCUT2D eigenvalue weighted by Crippen LogP contribution is -2.53. The highest BCUT2D eigenvalue weighted by Gasteiger charge is 2.55. The molecule has 2 aromatic rings. The van der Waals surface area contributed by atoms with Gasteiger partial charge in [-0.2, -0.15) is 0 Å². The first kappa shape index (κ1) is 14.9. The maximum absolute atomic E-state index is 13.0. The van der Waals surface area contributed by atoms with E-state index in [1.807, 2.05) is 30.3 Å². The van der Waals surface area contributed by atoms with Crippen molar-refractivity contribution in [2.45, 2.75) is 37.6 Å². The van der Waals surface area contributed by atoms with Crippen LogP contribution in [0, 0.1) is 0 Å². The Bertz CT molecular complexity index is 853. The first-order valence-electron chi connectivity index (χ1n) is 8.31. The minimum absolute atomic E-state index is 0.332. The van der Waals surface area contributed by atoms with Gasteiger partial charge in [-0.1, -0.05) is 49.6 Å². The number of hydrogen-bond donors (Lipinski definition) is 1. The summed E-state index contributed by atoms with van der Waals surface area (Å²) in [6.07, 6.45) is 3.82. The molecule has 1 saturated heterocycles. The van der Waals surface area contributed by atoms with Crippen molar-refractivity contribution in [3.63, 3.8) is 0 Å². The second kappa shape index (κ2) is 5.44. The van der Waals surface area contributed by atoms with E-state index in [4.69, 9.17) is 0 Å². The molecule has 4 rings (SSSR count). The van der Waals surface area contributed by atoms with Crippen molar-refractivity contribution in [3.8, 4) is 0 Å². The minimum Gasteiger partial charge on any atom is -0.275 e.